The molecule has 4 aromatic rings. The first kappa shape index (κ1) is 51.7. The smallest absolute Gasteiger partial charge is 0.326 e. The van der Waals surface area contributed by atoms with E-state index in [0.29, 0.717) is 58.1 Å². The number of Topliss-reactive ketones (excluding diaryl/α,β-unsaturated/α-hetero) is 2. The van der Waals surface area contributed by atoms with Crippen LogP contribution in [0, 0.1) is 18.8 Å². The summed E-state index contributed by atoms with van der Waals surface area (Å²) in [7, 11) is 0. The third-order valence-corrected chi connectivity index (χ3v) is 12.5. The van der Waals surface area contributed by atoms with Gasteiger partial charge in [0.25, 0.3) is 23.6 Å². The number of carboxylic acid groups (broad SMARTS) is 1. The molecule has 0 fully saturated rings. The zero-order valence-corrected chi connectivity index (χ0v) is 40.0. The molecule has 5 amide bonds. The van der Waals surface area contributed by atoms with E-state index >= 15 is 0 Å². The Kier molecular flexibility index (Phi) is 17.8. The molecular weight excluding hydrogens is 923 g/mol. The molecule has 22 nitrogen and oxygen atoms in total. The minimum absolute atomic E-state index is 0.00672. The van der Waals surface area contributed by atoms with Crippen molar-refractivity contribution in [2.24, 2.45) is 27.1 Å². The van der Waals surface area contributed by atoms with Crippen LogP contribution in [-0.4, -0.2) is 115 Å². The molecule has 0 saturated carbocycles. The Labute approximate surface area is 406 Å². The largest absolute Gasteiger partial charge is 0.480 e. The number of fused-ring (bicyclic) bond motifs is 1. The first-order valence-electron chi connectivity index (χ1n) is 22.8. The Balaban J connectivity index is 0.954. The summed E-state index contributed by atoms with van der Waals surface area (Å²) in [4.78, 5) is 125. The second-order valence-corrected chi connectivity index (χ2v) is 18.2. The number of nitrogens with two attached hydrogens (primary N) is 1. The number of amides is 5. The van der Waals surface area contributed by atoms with Crippen molar-refractivity contribution in [2.45, 2.75) is 97.7 Å². The van der Waals surface area contributed by atoms with E-state index in [-0.39, 0.29) is 110 Å². The van der Waals surface area contributed by atoms with Crippen LogP contribution < -0.4 is 27.0 Å². The number of imide groups is 1. The normalized spacial score (nSPS) is 14.4. The van der Waals surface area contributed by atoms with Gasteiger partial charge >= 0.3 is 5.97 Å². The van der Waals surface area contributed by atoms with Crippen molar-refractivity contribution in [3.63, 3.8) is 0 Å². The quantitative estimate of drug-likeness (QED) is 0.0384. The average molecular weight is 978 g/mol. The second-order valence-electron chi connectivity index (χ2n) is 17.2. The van der Waals surface area contributed by atoms with E-state index in [4.69, 9.17) is 5.73 Å². The Morgan fingerprint density at radius 3 is 2.40 bits per heavy atom. The molecule has 0 bridgehead atoms. The Bertz CT molecular complexity index is 2750. The van der Waals surface area contributed by atoms with E-state index in [1.54, 1.807) is 44.3 Å². The zero-order chi connectivity index (χ0) is 50.5. The molecule has 0 radical (unpaired) electrons. The summed E-state index contributed by atoms with van der Waals surface area (Å²) >= 11 is 1.13. The molecule has 6 rings (SSSR count). The number of hydrogen-bond acceptors (Lipinski definition) is 18. The van der Waals surface area contributed by atoms with Crippen molar-refractivity contribution < 1.29 is 43.5 Å². The first-order chi connectivity index (χ1) is 33.5. The zero-order valence-electron chi connectivity index (χ0n) is 39.2. The highest BCUT2D eigenvalue weighted by Gasteiger charge is 2.29. The van der Waals surface area contributed by atoms with E-state index in [9.17, 15) is 43.5 Å². The fourth-order valence-electron chi connectivity index (χ4n) is 7.59. The van der Waals surface area contributed by atoms with E-state index in [1.165, 1.54) is 18.2 Å². The SMILES string of the molecule is Cc1nc(N)c2nc(CNc3ccc(C(=O)N[C@@H](CCCNC(=O)c4ccc(CC(=O)[C@H](C)NC(=O)[C@@H](CC(=O)CCCCCN5C(=O)C=CC5=O)C(C)C)cc4C4=NCN=N4)C(=O)O)s3)cnc2n1. The fourth-order valence-corrected chi connectivity index (χ4v) is 8.40. The number of unbranched alkanes of at least 4 members (excludes halogenated alkanes) is 2. The van der Waals surface area contributed by atoms with Crippen LogP contribution in [0.5, 0.6) is 0 Å². The van der Waals surface area contributed by atoms with Crippen LogP contribution in [0.3, 0.4) is 0 Å². The number of nitrogen functional groups attached to an aromatic ring is 1. The predicted molar refractivity (Wildman–Crippen MR) is 258 cm³/mol. The number of nitrogens with one attached hydrogen (secondary N) is 4. The number of azo groups is 1. The van der Waals surface area contributed by atoms with Crippen molar-refractivity contribution >= 4 is 86.2 Å². The van der Waals surface area contributed by atoms with Gasteiger partial charge in [-0.15, -0.1) is 16.5 Å². The third-order valence-electron chi connectivity index (χ3n) is 11.5. The molecule has 0 spiro atoms. The number of anilines is 2. The summed E-state index contributed by atoms with van der Waals surface area (Å²) in [5, 5.41) is 29.8. The number of carboxylic acids is 1. The van der Waals surface area contributed by atoms with Crippen molar-refractivity contribution in [2.75, 3.05) is 30.8 Å². The number of aliphatic imine (C=N–C) groups is 1. The lowest BCUT2D eigenvalue weighted by Gasteiger charge is -2.22. The third kappa shape index (κ3) is 14.0. The molecule has 0 unspecified atom stereocenters. The number of aliphatic carboxylic acids is 1. The monoisotopic (exact) mass is 977 g/mol. The number of carbonyl (C=O) groups is 8. The van der Waals surface area contributed by atoms with Crippen molar-refractivity contribution in [3.05, 3.63) is 81.8 Å². The van der Waals surface area contributed by atoms with Gasteiger partial charge in [0.05, 0.1) is 39.9 Å². The number of aryl methyl sites for hydroxylation is 1. The topological polar surface area (TPSA) is 323 Å². The lowest BCUT2D eigenvalue weighted by molar-refractivity contribution is -0.139. The number of aromatic nitrogens is 4. The number of benzene rings is 1. The van der Waals surface area contributed by atoms with Gasteiger partial charge in [0.15, 0.2) is 35.3 Å². The van der Waals surface area contributed by atoms with Gasteiger partial charge in [0.1, 0.15) is 17.6 Å². The number of amidine groups is 1. The molecular formula is C47H55N13O9S. The summed E-state index contributed by atoms with van der Waals surface area (Å²) < 4.78 is 0. The van der Waals surface area contributed by atoms with E-state index in [0.717, 1.165) is 16.2 Å². The van der Waals surface area contributed by atoms with Crippen molar-refractivity contribution in [3.8, 4) is 0 Å². The summed E-state index contributed by atoms with van der Waals surface area (Å²) in [6, 6.07) is 5.87. The highest BCUT2D eigenvalue weighted by Crippen LogP contribution is 2.24. The standard InChI is InChI=1S/C47H55N13O9S/c1-25(2)32(21-30(61)9-6-5-7-18-60-38(63)15-16-39(60)64)45(66)54-26(3)35(62)20-28-11-12-31(33(19-28)42-52-24-53-59-42)44(65)49-17-8-10-34(47(68)69)58-46(67)36-13-14-37(70-36)50-22-29-23-51-43-40(57-29)41(48)55-27(4)56-43/h11-16,19,23,25-26,32,34,50H,5-10,17-18,20-22,24H2,1-4H3,(H,49,65)(H,54,66)(H,58,67)(H,68,69)(H2,48,51,55,56)/t26-,32-,34-/m0/s1. The van der Waals surface area contributed by atoms with E-state index < -0.39 is 41.7 Å². The number of thiophene rings is 1. The number of carbonyl (C=O) groups excluding carboxylic acids is 7. The van der Waals surface area contributed by atoms with Crippen LogP contribution in [-0.2, 0) is 41.7 Å². The number of ketones is 2. The van der Waals surface area contributed by atoms with Crippen LogP contribution in [0.15, 0.2) is 63.9 Å². The highest BCUT2D eigenvalue weighted by molar-refractivity contribution is 7.17. The number of hydrogen-bond donors (Lipinski definition) is 6. The lowest BCUT2D eigenvalue weighted by atomic mass is 9.88. The molecule has 0 aliphatic carbocycles. The number of rotatable bonds is 26. The molecule has 23 heteroatoms. The maximum atomic E-state index is 13.5. The van der Waals surface area contributed by atoms with Gasteiger partial charge in [0, 0.05) is 56.0 Å². The van der Waals surface area contributed by atoms with E-state index in [1.807, 2.05) is 13.8 Å². The van der Waals surface area contributed by atoms with Crippen LogP contribution >= 0.6 is 11.3 Å². The maximum absolute atomic E-state index is 13.5. The number of nitrogens with zero attached hydrogens (tertiary/aromatic N) is 8. The molecule has 3 atom stereocenters. The molecule has 0 saturated heterocycles. The molecule has 3 aromatic heterocycles. The van der Waals surface area contributed by atoms with Gasteiger partial charge < -0.3 is 32.1 Å². The molecule has 70 heavy (non-hydrogen) atoms. The van der Waals surface area contributed by atoms with E-state index in [2.05, 4.69) is 56.4 Å². The summed E-state index contributed by atoms with van der Waals surface area (Å²) in [6.45, 7) is 7.61. The maximum Gasteiger partial charge on any atom is 0.326 e. The summed E-state index contributed by atoms with van der Waals surface area (Å²) in [5.41, 5.74) is 8.36. The van der Waals surface area contributed by atoms with Crippen LogP contribution in [0.25, 0.3) is 11.2 Å². The molecule has 368 valence electrons. The fraction of sp³-hybridized carbons (Fsp3) is 0.426. The lowest BCUT2D eigenvalue weighted by Crippen LogP contribution is -2.44. The van der Waals surface area contributed by atoms with Crippen molar-refractivity contribution in [1.82, 2.24) is 40.8 Å². The van der Waals surface area contributed by atoms with Crippen LogP contribution in [0.4, 0.5) is 10.8 Å². The van der Waals surface area contributed by atoms with Gasteiger partial charge in [-0.1, -0.05) is 26.3 Å². The minimum atomic E-state index is -1.24. The highest BCUT2D eigenvalue weighted by atomic mass is 32.1. The van der Waals surface area contributed by atoms with Gasteiger partial charge in [-0.05, 0) is 75.3 Å². The summed E-state index contributed by atoms with van der Waals surface area (Å²) in [5.74, 6) is -3.78. The first-order valence-corrected chi connectivity index (χ1v) is 23.6. The van der Waals surface area contributed by atoms with Gasteiger partial charge in [-0.3, -0.25) is 38.5 Å². The Morgan fingerprint density at radius 2 is 1.69 bits per heavy atom. The average Bonchev–Trinajstić information content (AvgIpc) is 4.11. The summed E-state index contributed by atoms with van der Waals surface area (Å²) in [6.07, 6.45) is 6.13. The molecule has 2 aliphatic heterocycles. The van der Waals surface area contributed by atoms with Gasteiger partial charge in [-0.25, -0.2) is 29.7 Å². The van der Waals surface area contributed by atoms with Crippen molar-refractivity contribution in [1.29, 1.82) is 0 Å². The Hall–Kier alpha value is -7.69. The second kappa shape index (κ2) is 24.0. The Morgan fingerprint density at radius 1 is 0.914 bits per heavy atom. The predicted octanol–water partition coefficient (Wildman–Crippen LogP) is 3.88. The van der Waals surface area contributed by atoms with Crippen LogP contribution in [0.2, 0.25) is 0 Å². The van der Waals surface area contributed by atoms with Gasteiger partial charge in [-0.2, -0.15) is 5.11 Å². The molecule has 1 aromatic carbocycles. The molecule has 2 aliphatic rings. The molecule has 5 heterocycles. The van der Waals surface area contributed by atoms with Crippen LogP contribution in [0.1, 0.15) is 108 Å². The van der Waals surface area contributed by atoms with Gasteiger partial charge in [0.2, 0.25) is 5.91 Å². The molecule has 7 N–H and O–H groups in total. The minimum Gasteiger partial charge on any atom is -0.480 e.